The number of nitrogens with zero attached hydrogens (tertiary/aromatic N) is 1. The molecule has 1 saturated heterocycles. The number of carbonyl (C=O) groups is 2. The van der Waals surface area contributed by atoms with E-state index in [0.29, 0.717) is 29.1 Å². The molecular formula is C29H37N3O4S2. The quantitative estimate of drug-likeness (QED) is 0.354. The van der Waals surface area contributed by atoms with Crippen molar-refractivity contribution in [1.29, 1.82) is 0 Å². The van der Waals surface area contributed by atoms with Crippen LogP contribution in [0.5, 0.6) is 11.5 Å². The van der Waals surface area contributed by atoms with Gasteiger partial charge in [0.15, 0.2) is 0 Å². The number of methoxy groups -OCH3 is 1. The van der Waals surface area contributed by atoms with Gasteiger partial charge in [-0.05, 0) is 48.6 Å². The van der Waals surface area contributed by atoms with E-state index in [9.17, 15) is 9.59 Å². The molecule has 4 rings (SSSR count). The van der Waals surface area contributed by atoms with Crippen molar-refractivity contribution >= 4 is 41.0 Å². The minimum atomic E-state index is -0.551. The molecule has 38 heavy (non-hydrogen) atoms. The molecular weight excluding hydrogens is 518 g/mol. The first kappa shape index (κ1) is 28.2. The predicted octanol–water partition coefficient (Wildman–Crippen LogP) is 5.88. The first-order valence-electron chi connectivity index (χ1n) is 13.4. The van der Waals surface area contributed by atoms with Gasteiger partial charge < -0.3 is 20.1 Å². The summed E-state index contributed by atoms with van der Waals surface area (Å²) in [7, 11) is 1.34. The van der Waals surface area contributed by atoms with E-state index in [0.717, 1.165) is 29.9 Å². The van der Waals surface area contributed by atoms with E-state index in [1.165, 1.54) is 44.1 Å². The number of para-hydroxylation sites is 1. The summed E-state index contributed by atoms with van der Waals surface area (Å²) in [5, 5.41) is 6.52. The topological polar surface area (TPSA) is 79.9 Å². The lowest BCUT2D eigenvalue weighted by molar-refractivity contribution is -0.125. The molecule has 2 fully saturated rings. The van der Waals surface area contributed by atoms with Crippen molar-refractivity contribution in [3.8, 4) is 11.5 Å². The number of thiocarbonyl (C=S) groups is 1. The molecule has 1 aliphatic carbocycles. The summed E-state index contributed by atoms with van der Waals surface area (Å²) in [6.07, 6.45) is 7.69. The average Bonchev–Trinajstić information content (AvgIpc) is 3.46. The first-order chi connectivity index (χ1) is 18.5. The molecule has 0 spiro atoms. The molecule has 7 nitrogen and oxygen atoms in total. The maximum atomic E-state index is 13.2. The number of ether oxygens (including phenoxy) is 2. The van der Waals surface area contributed by atoms with Crippen molar-refractivity contribution in [3.63, 3.8) is 0 Å². The Morgan fingerprint density at radius 3 is 2.47 bits per heavy atom. The van der Waals surface area contributed by atoms with E-state index in [4.69, 9.17) is 21.7 Å². The maximum absolute atomic E-state index is 13.2. The van der Waals surface area contributed by atoms with Gasteiger partial charge in [0.2, 0.25) is 5.91 Å². The summed E-state index contributed by atoms with van der Waals surface area (Å²) in [5.41, 5.74) is 1.06. The highest BCUT2D eigenvalue weighted by Gasteiger charge is 2.36. The zero-order valence-electron chi connectivity index (χ0n) is 21.9. The molecule has 2 aliphatic rings. The van der Waals surface area contributed by atoms with Gasteiger partial charge in [0.25, 0.3) is 0 Å². The van der Waals surface area contributed by atoms with Crippen LogP contribution in [0.2, 0.25) is 0 Å². The lowest BCUT2D eigenvalue weighted by atomic mass is 9.85. The summed E-state index contributed by atoms with van der Waals surface area (Å²) >= 11 is 7.34. The molecule has 2 aromatic carbocycles. The number of rotatable bonds is 10. The second kappa shape index (κ2) is 14.4. The Kier molecular flexibility index (Phi) is 10.7. The van der Waals surface area contributed by atoms with E-state index in [2.05, 4.69) is 10.6 Å². The Bertz CT molecular complexity index is 1060. The third-order valence-corrected chi connectivity index (χ3v) is 8.63. The zero-order valence-corrected chi connectivity index (χ0v) is 23.5. The van der Waals surface area contributed by atoms with Gasteiger partial charge in [-0.25, -0.2) is 4.79 Å². The summed E-state index contributed by atoms with van der Waals surface area (Å²) in [4.78, 5) is 27.5. The van der Waals surface area contributed by atoms with Crippen molar-refractivity contribution in [3.05, 3.63) is 60.2 Å². The van der Waals surface area contributed by atoms with Gasteiger partial charge in [-0.15, -0.1) is 11.8 Å². The van der Waals surface area contributed by atoms with Crippen LogP contribution in [0.1, 0.15) is 50.5 Å². The van der Waals surface area contributed by atoms with Crippen molar-refractivity contribution in [2.45, 2.75) is 63.6 Å². The monoisotopic (exact) mass is 555 g/mol. The third-order valence-electron chi connectivity index (χ3n) is 7.18. The second-order valence-corrected chi connectivity index (χ2v) is 11.3. The Morgan fingerprint density at radius 2 is 1.76 bits per heavy atom. The maximum Gasteiger partial charge on any atom is 0.410 e. The molecule has 1 heterocycles. The Labute approximate surface area is 235 Å². The second-order valence-electron chi connectivity index (χ2n) is 9.87. The molecule has 2 amide bonds. The van der Waals surface area contributed by atoms with Crippen molar-refractivity contribution in [2.75, 3.05) is 18.7 Å². The number of hydrogen-bond acceptors (Lipinski definition) is 6. The van der Waals surface area contributed by atoms with Gasteiger partial charge in [0.05, 0.1) is 24.0 Å². The lowest BCUT2D eigenvalue weighted by Crippen LogP contribution is -2.53. The lowest BCUT2D eigenvalue weighted by Gasteiger charge is -2.28. The number of thioether (sulfide) groups is 1. The third kappa shape index (κ3) is 8.11. The Hall–Kier alpha value is -2.78. The minimum Gasteiger partial charge on any atom is -0.457 e. The molecule has 1 saturated carbocycles. The van der Waals surface area contributed by atoms with E-state index in [1.807, 2.05) is 54.6 Å². The summed E-state index contributed by atoms with van der Waals surface area (Å²) in [6.45, 7) is 0.549. The van der Waals surface area contributed by atoms with E-state index < -0.39 is 12.1 Å². The van der Waals surface area contributed by atoms with Crippen molar-refractivity contribution < 1.29 is 19.1 Å². The normalized spacial score (nSPS) is 18.4. The summed E-state index contributed by atoms with van der Waals surface area (Å²) in [6, 6.07) is 16.7. The smallest absolute Gasteiger partial charge is 0.410 e. The highest BCUT2D eigenvalue weighted by molar-refractivity contribution is 7.99. The average molecular weight is 556 g/mol. The largest absolute Gasteiger partial charge is 0.457 e. The fourth-order valence-electron chi connectivity index (χ4n) is 4.98. The van der Waals surface area contributed by atoms with Crippen LogP contribution in [0.3, 0.4) is 0 Å². The molecule has 2 N–H and O–H groups in total. The highest BCUT2D eigenvalue weighted by Crippen LogP contribution is 2.28. The minimum absolute atomic E-state index is 0.180. The molecule has 0 unspecified atom stereocenters. The van der Waals surface area contributed by atoms with Crippen LogP contribution in [0, 0.1) is 5.92 Å². The fourth-order valence-corrected chi connectivity index (χ4v) is 6.38. The fraction of sp³-hybridized carbons (Fsp3) is 0.483. The number of benzene rings is 2. The Morgan fingerprint density at radius 1 is 1.05 bits per heavy atom. The van der Waals surface area contributed by atoms with E-state index in [1.54, 1.807) is 11.8 Å². The standard InChI is InChI=1S/C29H37N3O4S2/c1-35-29(34)32-20-38-19-26(32)27(33)31-25(17-14-21-8-4-2-5-9-21)28(37)30-18-22-12-15-24(16-13-22)36-23-10-6-3-7-11-23/h3,6-7,10-13,15-16,21,25-26H,2,4-5,8-9,14,17-20H2,1H3,(H,30,37)(H,31,33)/t25-,26+/m1/s1. The van der Waals surface area contributed by atoms with Crippen LogP contribution in [0.15, 0.2) is 54.6 Å². The van der Waals surface area contributed by atoms with Crippen LogP contribution in [-0.4, -0.2) is 52.7 Å². The van der Waals surface area contributed by atoms with Crippen molar-refractivity contribution in [1.82, 2.24) is 15.5 Å². The number of hydrogen-bond donors (Lipinski definition) is 2. The van der Waals surface area contributed by atoms with Crippen LogP contribution in [0.4, 0.5) is 4.79 Å². The SMILES string of the molecule is COC(=O)N1CSC[C@H]1C(=O)N[C@H](CCC1CCCCC1)C(=S)NCc1ccc(Oc2ccccc2)cc1. The van der Waals surface area contributed by atoms with Gasteiger partial charge in [-0.1, -0.05) is 74.7 Å². The molecule has 0 radical (unpaired) electrons. The molecule has 0 aromatic heterocycles. The Balaban J connectivity index is 1.35. The van der Waals surface area contributed by atoms with Crippen LogP contribution in [-0.2, 0) is 16.1 Å². The zero-order chi connectivity index (χ0) is 26.7. The van der Waals surface area contributed by atoms with E-state index >= 15 is 0 Å². The number of amides is 2. The van der Waals surface area contributed by atoms with Gasteiger partial charge in [-0.2, -0.15) is 0 Å². The van der Waals surface area contributed by atoms with Crippen molar-refractivity contribution in [2.24, 2.45) is 5.92 Å². The molecule has 2 atom stereocenters. The molecule has 2 aromatic rings. The molecule has 0 bridgehead atoms. The van der Waals surface area contributed by atoms with Gasteiger partial charge in [-0.3, -0.25) is 9.69 Å². The van der Waals surface area contributed by atoms with Crippen LogP contribution < -0.4 is 15.4 Å². The summed E-state index contributed by atoms with van der Waals surface area (Å²) < 4.78 is 10.8. The van der Waals surface area contributed by atoms with Crippen LogP contribution in [0.25, 0.3) is 0 Å². The van der Waals surface area contributed by atoms with Crippen LogP contribution >= 0.6 is 24.0 Å². The van der Waals surface area contributed by atoms with E-state index in [-0.39, 0.29) is 11.9 Å². The molecule has 204 valence electrons. The predicted molar refractivity (Wildman–Crippen MR) is 155 cm³/mol. The van der Waals surface area contributed by atoms with Gasteiger partial charge in [0, 0.05) is 12.3 Å². The number of nitrogens with one attached hydrogen (secondary N) is 2. The number of carbonyl (C=O) groups excluding carboxylic acids is 2. The molecule has 1 aliphatic heterocycles. The molecule has 9 heteroatoms. The highest BCUT2D eigenvalue weighted by atomic mass is 32.2. The van der Waals surface area contributed by atoms with Gasteiger partial charge in [0.1, 0.15) is 17.5 Å². The van der Waals surface area contributed by atoms with Gasteiger partial charge >= 0.3 is 6.09 Å². The summed E-state index contributed by atoms with van der Waals surface area (Å²) in [5.74, 6) is 3.06. The first-order valence-corrected chi connectivity index (χ1v) is 14.9.